The zero-order valence-corrected chi connectivity index (χ0v) is 15.4. The molecule has 7 nitrogen and oxygen atoms in total. The van der Waals surface area contributed by atoms with E-state index in [1.807, 2.05) is 24.2 Å². The molecule has 2 aliphatic heterocycles. The molecule has 1 aromatic rings. The molecule has 0 unspecified atom stereocenters. The number of aromatic nitrogens is 2. The summed E-state index contributed by atoms with van der Waals surface area (Å²) in [7, 11) is 1.56. The standard InChI is InChI=1S/C18H28N4O3/c1-14(24)22-12-18(11-17(22,2)13-23)4-6-21(7-5-18)10-15-8-19-16(25-3)20-9-15/h8-9,23H,4-7,10-13H2,1-3H3/t17-/m1/s1. The van der Waals surface area contributed by atoms with Gasteiger partial charge in [0.2, 0.25) is 5.91 Å². The number of methoxy groups -OCH3 is 1. The van der Waals surface area contributed by atoms with Crippen LogP contribution in [-0.2, 0) is 11.3 Å². The van der Waals surface area contributed by atoms with E-state index < -0.39 is 5.54 Å². The number of ether oxygens (including phenoxy) is 1. The molecule has 0 radical (unpaired) electrons. The van der Waals surface area contributed by atoms with Crippen LogP contribution in [0, 0.1) is 5.41 Å². The van der Waals surface area contributed by atoms with E-state index in [-0.39, 0.29) is 17.9 Å². The Balaban J connectivity index is 1.60. The van der Waals surface area contributed by atoms with Gasteiger partial charge in [-0.2, -0.15) is 0 Å². The highest BCUT2D eigenvalue weighted by molar-refractivity contribution is 5.74. The Morgan fingerprint density at radius 3 is 2.44 bits per heavy atom. The highest BCUT2D eigenvalue weighted by Crippen LogP contribution is 2.48. The number of hydrogen-bond donors (Lipinski definition) is 1. The van der Waals surface area contributed by atoms with Gasteiger partial charge in [0.05, 0.1) is 19.3 Å². The van der Waals surface area contributed by atoms with Crippen molar-refractivity contribution in [3.63, 3.8) is 0 Å². The number of carbonyl (C=O) groups excluding carboxylic acids is 1. The first kappa shape index (κ1) is 18.1. The number of nitrogens with zero attached hydrogens (tertiary/aromatic N) is 4. The molecule has 1 N–H and O–H groups in total. The lowest BCUT2D eigenvalue weighted by atomic mass is 9.74. The summed E-state index contributed by atoms with van der Waals surface area (Å²) < 4.78 is 4.99. The second-order valence-electron chi connectivity index (χ2n) is 7.79. The third-order valence-corrected chi connectivity index (χ3v) is 5.81. The molecule has 0 saturated carbocycles. The molecule has 0 aliphatic carbocycles. The predicted molar refractivity (Wildman–Crippen MR) is 93.0 cm³/mol. The smallest absolute Gasteiger partial charge is 0.316 e. The molecule has 7 heteroatoms. The maximum absolute atomic E-state index is 12.0. The summed E-state index contributed by atoms with van der Waals surface area (Å²) in [5, 5.41) is 9.82. The van der Waals surface area contributed by atoms with E-state index in [0.717, 1.165) is 51.0 Å². The average Bonchev–Trinajstić information content (AvgIpc) is 2.91. The number of hydrogen-bond acceptors (Lipinski definition) is 6. The zero-order chi connectivity index (χ0) is 18.1. The van der Waals surface area contributed by atoms with Crippen molar-refractivity contribution >= 4 is 5.91 Å². The average molecular weight is 348 g/mol. The molecule has 1 aromatic heterocycles. The molecule has 2 aliphatic rings. The van der Waals surface area contributed by atoms with Crippen LogP contribution in [-0.4, -0.2) is 69.7 Å². The van der Waals surface area contributed by atoms with Gasteiger partial charge in [-0.05, 0) is 44.7 Å². The van der Waals surface area contributed by atoms with E-state index in [4.69, 9.17) is 4.74 Å². The number of piperidine rings is 1. The minimum Gasteiger partial charge on any atom is -0.467 e. The van der Waals surface area contributed by atoms with Crippen LogP contribution in [0.4, 0.5) is 0 Å². The van der Waals surface area contributed by atoms with Crippen molar-refractivity contribution in [1.29, 1.82) is 0 Å². The van der Waals surface area contributed by atoms with Gasteiger partial charge >= 0.3 is 6.01 Å². The molecule has 3 rings (SSSR count). The lowest BCUT2D eigenvalue weighted by molar-refractivity contribution is -0.134. The Morgan fingerprint density at radius 1 is 1.32 bits per heavy atom. The SMILES string of the molecule is COc1ncc(CN2CCC3(CC2)CN(C(C)=O)[C@@](C)(CO)C3)cn1. The monoisotopic (exact) mass is 348 g/mol. The maximum atomic E-state index is 12.0. The van der Waals surface area contributed by atoms with Gasteiger partial charge in [-0.3, -0.25) is 9.69 Å². The Bertz CT molecular complexity index is 613. The quantitative estimate of drug-likeness (QED) is 0.877. The maximum Gasteiger partial charge on any atom is 0.316 e. The van der Waals surface area contributed by atoms with E-state index >= 15 is 0 Å². The van der Waals surface area contributed by atoms with Crippen LogP contribution in [0.5, 0.6) is 6.01 Å². The summed E-state index contributed by atoms with van der Waals surface area (Å²) in [6.45, 7) is 7.20. The summed E-state index contributed by atoms with van der Waals surface area (Å²) >= 11 is 0. The van der Waals surface area contributed by atoms with Crippen LogP contribution in [0.1, 0.15) is 38.7 Å². The van der Waals surface area contributed by atoms with Crippen molar-refractivity contribution in [3.8, 4) is 6.01 Å². The van der Waals surface area contributed by atoms with Gasteiger partial charge in [-0.15, -0.1) is 0 Å². The summed E-state index contributed by atoms with van der Waals surface area (Å²) in [4.78, 5) is 24.6. The first-order valence-electron chi connectivity index (χ1n) is 8.86. The van der Waals surface area contributed by atoms with Crippen LogP contribution >= 0.6 is 0 Å². The van der Waals surface area contributed by atoms with E-state index in [0.29, 0.717) is 6.01 Å². The van der Waals surface area contributed by atoms with Gasteiger partial charge in [0.15, 0.2) is 0 Å². The predicted octanol–water partition coefficient (Wildman–Crippen LogP) is 1.07. The van der Waals surface area contributed by atoms with Gasteiger partial charge in [-0.25, -0.2) is 9.97 Å². The Kier molecular flexibility index (Phi) is 4.97. The zero-order valence-electron chi connectivity index (χ0n) is 15.4. The van der Waals surface area contributed by atoms with Crippen molar-refractivity contribution in [2.45, 2.75) is 45.2 Å². The van der Waals surface area contributed by atoms with Gasteiger partial charge in [0, 0.05) is 38.0 Å². The van der Waals surface area contributed by atoms with E-state index in [1.54, 1.807) is 14.0 Å². The van der Waals surface area contributed by atoms with Crippen LogP contribution in [0.25, 0.3) is 0 Å². The number of aliphatic hydroxyl groups excluding tert-OH is 1. The third kappa shape index (κ3) is 3.62. The van der Waals surface area contributed by atoms with Crippen LogP contribution < -0.4 is 4.74 Å². The summed E-state index contributed by atoms with van der Waals surface area (Å²) in [6.07, 6.45) is 6.60. The molecular formula is C18H28N4O3. The minimum absolute atomic E-state index is 0.0290. The molecule has 1 spiro atoms. The molecule has 25 heavy (non-hydrogen) atoms. The molecule has 0 aromatic carbocycles. The molecule has 1 atom stereocenters. The fourth-order valence-corrected chi connectivity index (χ4v) is 4.43. The largest absolute Gasteiger partial charge is 0.467 e. The normalized spacial score (nSPS) is 26.2. The fourth-order valence-electron chi connectivity index (χ4n) is 4.43. The third-order valence-electron chi connectivity index (χ3n) is 5.81. The van der Waals surface area contributed by atoms with E-state index in [2.05, 4.69) is 14.9 Å². The van der Waals surface area contributed by atoms with Crippen molar-refractivity contribution in [3.05, 3.63) is 18.0 Å². The van der Waals surface area contributed by atoms with Gasteiger partial charge in [0.1, 0.15) is 0 Å². The molecule has 0 bridgehead atoms. The number of amides is 1. The van der Waals surface area contributed by atoms with Crippen molar-refractivity contribution in [2.24, 2.45) is 5.41 Å². The highest BCUT2D eigenvalue weighted by atomic mass is 16.5. The van der Waals surface area contributed by atoms with Gasteiger partial charge in [0.25, 0.3) is 0 Å². The Labute approximate surface area is 149 Å². The summed E-state index contributed by atoms with van der Waals surface area (Å²) in [5.74, 6) is 0.0613. The lowest BCUT2D eigenvalue weighted by Crippen LogP contribution is -2.46. The molecule has 3 heterocycles. The van der Waals surface area contributed by atoms with Gasteiger partial charge < -0.3 is 14.7 Å². The number of rotatable bonds is 4. The molecule has 1 amide bonds. The minimum atomic E-state index is -0.419. The fraction of sp³-hybridized carbons (Fsp3) is 0.722. The topological polar surface area (TPSA) is 78.8 Å². The molecule has 2 fully saturated rings. The van der Waals surface area contributed by atoms with Crippen molar-refractivity contribution in [2.75, 3.05) is 33.4 Å². The Hall–Kier alpha value is -1.73. The molecule has 138 valence electrons. The summed E-state index contributed by atoms with van der Waals surface area (Å²) in [5.41, 5.74) is 0.794. The first-order valence-corrected chi connectivity index (χ1v) is 8.86. The van der Waals surface area contributed by atoms with Gasteiger partial charge in [-0.1, -0.05) is 0 Å². The number of carbonyl (C=O) groups is 1. The van der Waals surface area contributed by atoms with E-state index in [9.17, 15) is 9.90 Å². The van der Waals surface area contributed by atoms with Crippen LogP contribution in [0.15, 0.2) is 12.4 Å². The second-order valence-corrected chi connectivity index (χ2v) is 7.79. The van der Waals surface area contributed by atoms with Crippen molar-refractivity contribution in [1.82, 2.24) is 19.8 Å². The highest BCUT2D eigenvalue weighted by Gasteiger charge is 2.52. The number of aliphatic hydroxyl groups is 1. The van der Waals surface area contributed by atoms with E-state index in [1.165, 1.54) is 0 Å². The van der Waals surface area contributed by atoms with Crippen molar-refractivity contribution < 1.29 is 14.6 Å². The second kappa shape index (κ2) is 6.88. The molecule has 2 saturated heterocycles. The first-order chi connectivity index (χ1) is 11.9. The van der Waals surface area contributed by atoms with Crippen LogP contribution in [0.2, 0.25) is 0 Å². The lowest BCUT2D eigenvalue weighted by Gasteiger charge is -2.39. The summed E-state index contributed by atoms with van der Waals surface area (Å²) in [6, 6.07) is 0.389. The molecular weight excluding hydrogens is 320 g/mol. The Morgan fingerprint density at radius 2 is 1.96 bits per heavy atom. The number of likely N-dealkylation sites (tertiary alicyclic amines) is 2. The van der Waals surface area contributed by atoms with Crippen LogP contribution in [0.3, 0.4) is 0 Å².